The van der Waals surface area contributed by atoms with E-state index in [0.29, 0.717) is 12.8 Å². The van der Waals surface area contributed by atoms with Crippen molar-refractivity contribution >= 4 is 23.8 Å². The van der Waals surface area contributed by atoms with Crippen LogP contribution >= 0.6 is 0 Å². The Hall–Kier alpha value is -2.94. The molecule has 2 N–H and O–H groups in total. The fraction of sp³-hybridized carbons (Fsp3) is 0.583. The number of esters is 2. The van der Waals surface area contributed by atoms with Gasteiger partial charge in [0.05, 0.1) is 7.11 Å². The quantitative estimate of drug-likeness (QED) is 0.358. The molecule has 1 aliphatic rings. The van der Waals surface area contributed by atoms with E-state index in [9.17, 15) is 19.2 Å². The number of epoxide rings is 1. The van der Waals surface area contributed by atoms with Gasteiger partial charge >= 0.3 is 11.9 Å². The molecule has 2 rings (SSSR count). The fourth-order valence-electron chi connectivity index (χ4n) is 3.36. The first-order valence-corrected chi connectivity index (χ1v) is 11.2. The van der Waals surface area contributed by atoms with E-state index < -0.39 is 48.0 Å². The highest BCUT2D eigenvalue weighted by molar-refractivity contribution is 5.96. The molecule has 0 aromatic heterocycles. The molecule has 0 bridgehead atoms. The minimum absolute atomic E-state index is 0.0804. The van der Waals surface area contributed by atoms with E-state index in [1.807, 2.05) is 58.0 Å². The van der Waals surface area contributed by atoms with Crippen molar-refractivity contribution < 1.29 is 33.4 Å². The largest absolute Gasteiger partial charge is 0.467 e. The summed E-state index contributed by atoms with van der Waals surface area (Å²) in [7, 11) is 1.26. The van der Waals surface area contributed by atoms with Gasteiger partial charge in [0.25, 0.3) is 5.91 Å². The van der Waals surface area contributed by atoms with Gasteiger partial charge in [-0.1, -0.05) is 58.0 Å². The molecular weight excluding hydrogens is 428 g/mol. The lowest BCUT2D eigenvalue weighted by molar-refractivity contribution is -0.147. The molecule has 1 heterocycles. The molecule has 9 heteroatoms. The topological polar surface area (TPSA) is 123 Å². The molecule has 1 aliphatic heterocycles. The number of nitrogens with one attached hydrogen (secondary N) is 2. The lowest BCUT2D eigenvalue weighted by Gasteiger charge is -2.24. The summed E-state index contributed by atoms with van der Waals surface area (Å²) in [4.78, 5) is 49.8. The minimum atomic E-state index is -1.01. The maximum atomic E-state index is 12.9. The van der Waals surface area contributed by atoms with Crippen molar-refractivity contribution in [2.24, 2.45) is 11.8 Å². The first kappa shape index (κ1) is 26.3. The van der Waals surface area contributed by atoms with Gasteiger partial charge < -0.3 is 24.8 Å². The van der Waals surface area contributed by atoms with Crippen LogP contribution < -0.4 is 10.6 Å². The van der Waals surface area contributed by atoms with Crippen molar-refractivity contribution in [1.29, 1.82) is 0 Å². The molecule has 0 saturated carbocycles. The Bertz CT molecular complexity index is 825. The van der Waals surface area contributed by atoms with Crippen molar-refractivity contribution in [2.75, 3.05) is 7.11 Å². The van der Waals surface area contributed by atoms with Crippen LogP contribution in [0, 0.1) is 11.8 Å². The van der Waals surface area contributed by atoms with Gasteiger partial charge in [-0.3, -0.25) is 9.59 Å². The minimum Gasteiger partial charge on any atom is -0.467 e. The first-order valence-electron chi connectivity index (χ1n) is 11.2. The second-order valence-electron chi connectivity index (χ2n) is 8.98. The van der Waals surface area contributed by atoms with Crippen LogP contribution in [0.2, 0.25) is 0 Å². The van der Waals surface area contributed by atoms with Crippen LogP contribution in [0.15, 0.2) is 30.3 Å². The Morgan fingerprint density at radius 1 is 0.909 bits per heavy atom. The molecule has 0 spiro atoms. The predicted molar refractivity (Wildman–Crippen MR) is 120 cm³/mol. The van der Waals surface area contributed by atoms with E-state index in [4.69, 9.17) is 14.2 Å². The van der Waals surface area contributed by atoms with E-state index in [1.165, 1.54) is 7.11 Å². The molecule has 2 amide bonds. The summed E-state index contributed by atoms with van der Waals surface area (Å²) < 4.78 is 15.2. The molecule has 0 unspecified atom stereocenters. The molecular formula is C24H34N2O7. The molecule has 33 heavy (non-hydrogen) atoms. The van der Waals surface area contributed by atoms with E-state index in [0.717, 1.165) is 5.56 Å². The van der Waals surface area contributed by atoms with Crippen molar-refractivity contribution in [1.82, 2.24) is 10.6 Å². The Morgan fingerprint density at radius 3 is 2.09 bits per heavy atom. The molecule has 1 saturated heterocycles. The van der Waals surface area contributed by atoms with Gasteiger partial charge in [0.1, 0.15) is 18.7 Å². The summed E-state index contributed by atoms with van der Waals surface area (Å²) in [5, 5.41) is 5.33. The van der Waals surface area contributed by atoms with Crippen LogP contribution in [0.5, 0.6) is 0 Å². The van der Waals surface area contributed by atoms with Gasteiger partial charge in [0.2, 0.25) is 5.91 Å². The van der Waals surface area contributed by atoms with Crippen molar-refractivity contribution in [3.8, 4) is 0 Å². The molecule has 0 radical (unpaired) electrons. The number of ether oxygens (including phenoxy) is 3. The summed E-state index contributed by atoms with van der Waals surface area (Å²) in [6, 6.07) is 7.46. The van der Waals surface area contributed by atoms with E-state index in [1.54, 1.807) is 0 Å². The van der Waals surface area contributed by atoms with E-state index in [2.05, 4.69) is 10.6 Å². The second-order valence-corrected chi connectivity index (χ2v) is 8.98. The van der Waals surface area contributed by atoms with Crippen molar-refractivity contribution in [3.63, 3.8) is 0 Å². The number of amides is 2. The monoisotopic (exact) mass is 462 g/mol. The average Bonchev–Trinajstić information content (AvgIpc) is 3.57. The maximum absolute atomic E-state index is 12.9. The smallest absolute Gasteiger partial charge is 0.338 e. The van der Waals surface area contributed by atoms with Crippen LogP contribution in [-0.2, 0) is 40.0 Å². The Labute approximate surface area is 194 Å². The summed E-state index contributed by atoms with van der Waals surface area (Å²) >= 11 is 0. The standard InChI is InChI=1S/C24H34N2O7/c1-14(2)11-17(21(27)26-18(12-15(3)4)23(29)31-5)25-22(28)19-20(33-19)24(30)32-13-16-9-7-6-8-10-16/h6-10,14-15,17-20H,11-13H2,1-5H3,(H,25,28)(H,26,27)/t17-,18+,19+,20+/m1/s1. The van der Waals surface area contributed by atoms with Crippen molar-refractivity contribution in [3.05, 3.63) is 35.9 Å². The van der Waals surface area contributed by atoms with Gasteiger partial charge in [0, 0.05) is 0 Å². The number of carbonyl (C=O) groups is 4. The van der Waals surface area contributed by atoms with Crippen LogP contribution in [0.3, 0.4) is 0 Å². The molecule has 182 valence electrons. The van der Waals surface area contributed by atoms with E-state index >= 15 is 0 Å². The summed E-state index contributed by atoms with van der Waals surface area (Å²) in [6.45, 7) is 7.76. The highest BCUT2D eigenvalue weighted by atomic mass is 16.6. The van der Waals surface area contributed by atoms with Crippen molar-refractivity contribution in [2.45, 2.75) is 71.4 Å². The lowest BCUT2D eigenvalue weighted by Crippen LogP contribution is -2.53. The Kier molecular flexibility index (Phi) is 9.84. The second kappa shape index (κ2) is 12.3. The SMILES string of the molecule is COC(=O)[C@H](CC(C)C)NC(=O)[C@@H](CC(C)C)NC(=O)[C@H]1O[C@@H]1C(=O)OCc1ccccc1. The number of methoxy groups -OCH3 is 1. The van der Waals surface area contributed by atoms with Gasteiger partial charge in [-0.2, -0.15) is 0 Å². The molecule has 1 fully saturated rings. The third-order valence-corrected chi connectivity index (χ3v) is 5.06. The number of rotatable bonds is 12. The maximum Gasteiger partial charge on any atom is 0.338 e. The average molecular weight is 463 g/mol. The normalized spacial score (nSPS) is 18.9. The van der Waals surface area contributed by atoms with Gasteiger partial charge in [-0.25, -0.2) is 9.59 Å². The zero-order valence-electron chi connectivity index (χ0n) is 19.8. The van der Waals surface area contributed by atoms with Gasteiger partial charge in [-0.05, 0) is 30.2 Å². The summed E-state index contributed by atoms with van der Waals surface area (Å²) in [6.07, 6.45) is -1.26. The molecule has 1 aromatic rings. The fourth-order valence-corrected chi connectivity index (χ4v) is 3.36. The lowest BCUT2D eigenvalue weighted by atomic mass is 10.0. The Balaban J connectivity index is 1.93. The highest BCUT2D eigenvalue weighted by Gasteiger charge is 2.52. The zero-order chi connectivity index (χ0) is 24.5. The Morgan fingerprint density at radius 2 is 1.52 bits per heavy atom. The van der Waals surface area contributed by atoms with Crippen LogP contribution in [-0.4, -0.2) is 55.2 Å². The summed E-state index contributed by atoms with van der Waals surface area (Å²) in [5.74, 6) is -2.00. The number of benzene rings is 1. The number of hydrogen-bond donors (Lipinski definition) is 2. The van der Waals surface area contributed by atoms with Gasteiger partial charge in [0.15, 0.2) is 12.2 Å². The first-order chi connectivity index (χ1) is 15.6. The summed E-state index contributed by atoms with van der Waals surface area (Å²) in [5.41, 5.74) is 0.822. The predicted octanol–water partition coefficient (Wildman–Crippen LogP) is 1.73. The van der Waals surface area contributed by atoms with Crippen LogP contribution in [0.1, 0.15) is 46.1 Å². The van der Waals surface area contributed by atoms with Crippen LogP contribution in [0.25, 0.3) is 0 Å². The number of hydrogen-bond acceptors (Lipinski definition) is 7. The van der Waals surface area contributed by atoms with Crippen LogP contribution in [0.4, 0.5) is 0 Å². The molecule has 9 nitrogen and oxygen atoms in total. The third-order valence-electron chi connectivity index (χ3n) is 5.06. The molecule has 4 atom stereocenters. The number of carbonyl (C=O) groups excluding carboxylic acids is 4. The molecule has 0 aliphatic carbocycles. The highest BCUT2D eigenvalue weighted by Crippen LogP contribution is 2.24. The van der Waals surface area contributed by atoms with Gasteiger partial charge in [-0.15, -0.1) is 0 Å². The van der Waals surface area contributed by atoms with E-state index in [-0.39, 0.29) is 18.4 Å². The zero-order valence-corrected chi connectivity index (χ0v) is 19.8. The molecule has 1 aromatic carbocycles. The third kappa shape index (κ3) is 8.49.